The van der Waals surface area contributed by atoms with Crippen LogP contribution in [0, 0.1) is 5.92 Å². The Kier molecular flexibility index (Phi) is 50.1. The summed E-state index contributed by atoms with van der Waals surface area (Å²) in [6, 6.07) is 0. The maximum atomic E-state index is 12.8. The van der Waals surface area contributed by atoms with Crippen LogP contribution >= 0.6 is 0 Å². The van der Waals surface area contributed by atoms with E-state index in [1.165, 1.54) is 218 Å². The Labute approximate surface area is 393 Å². The minimum atomic E-state index is -0.761. The van der Waals surface area contributed by atoms with Gasteiger partial charge in [-0.2, -0.15) is 0 Å². The molecule has 0 fully saturated rings. The first-order valence-electron chi connectivity index (χ1n) is 28.4. The number of hydrogen-bond donors (Lipinski definition) is 0. The van der Waals surface area contributed by atoms with Gasteiger partial charge in [0.05, 0.1) is 0 Å². The first-order chi connectivity index (χ1) is 30.9. The van der Waals surface area contributed by atoms with Crippen LogP contribution in [0.2, 0.25) is 0 Å². The first-order valence-corrected chi connectivity index (χ1v) is 28.4. The van der Waals surface area contributed by atoms with E-state index >= 15 is 0 Å². The predicted molar refractivity (Wildman–Crippen MR) is 270 cm³/mol. The van der Waals surface area contributed by atoms with Crippen molar-refractivity contribution in [3.05, 3.63) is 0 Å². The standard InChI is InChI=1S/C57H110O6/c1-5-7-9-11-13-15-17-19-20-21-25-30-34-38-42-46-50-57(60)63-54(51-61-55(58)48-44-40-36-32-28-23-18-16-14-12-10-8-6-2)52-62-56(59)49-45-41-37-33-29-26-22-24-27-31-35-39-43-47-53(3)4/h53-54H,5-52H2,1-4H3/t54-/m1/s1. The van der Waals surface area contributed by atoms with Crippen LogP contribution < -0.4 is 0 Å². The van der Waals surface area contributed by atoms with Gasteiger partial charge in [0.2, 0.25) is 0 Å². The molecule has 0 aromatic heterocycles. The number of esters is 3. The SMILES string of the molecule is CCCCCCCCCCCCCCCCCCC(=O)O[C@H](COC(=O)CCCCCCCCCCCCCCC)COC(=O)CCCCCCCCCCCCCCCC(C)C. The Morgan fingerprint density at radius 2 is 0.524 bits per heavy atom. The van der Waals surface area contributed by atoms with Gasteiger partial charge in [-0.3, -0.25) is 14.4 Å². The lowest BCUT2D eigenvalue weighted by Gasteiger charge is -2.18. The number of hydrogen-bond acceptors (Lipinski definition) is 6. The highest BCUT2D eigenvalue weighted by Gasteiger charge is 2.19. The normalized spacial score (nSPS) is 12.0. The molecule has 6 heteroatoms. The van der Waals surface area contributed by atoms with Gasteiger partial charge in [0.15, 0.2) is 6.10 Å². The lowest BCUT2D eigenvalue weighted by atomic mass is 10.0. The number of carbonyl (C=O) groups excluding carboxylic acids is 3. The molecule has 63 heavy (non-hydrogen) atoms. The maximum absolute atomic E-state index is 12.8. The van der Waals surface area contributed by atoms with Crippen molar-refractivity contribution >= 4 is 17.9 Å². The molecular weight excluding hydrogens is 781 g/mol. The molecular formula is C57H110O6. The van der Waals surface area contributed by atoms with Gasteiger partial charge in [-0.05, 0) is 25.2 Å². The molecule has 374 valence electrons. The minimum absolute atomic E-state index is 0.0619. The molecule has 0 N–H and O–H groups in total. The van der Waals surface area contributed by atoms with E-state index in [1.54, 1.807) is 0 Å². The van der Waals surface area contributed by atoms with Gasteiger partial charge in [0, 0.05) is 19.3 Å². The predicted octanol–water partition coefficient (Wildman–Crippen LogP) is 18.6. The molecule has 0 rings (SSSR count). The molecule has 0 amide bonds. The second-order valence-corrected chi connectivity index (χ2v) is 20.1. The Morgan fingerprint density at radius 3 is 0.778 bits per heavy atom. The van der Waals surface area contributed by atoms with E-state index < -0.39 is 6.10 Å². The quantitative estimate of drug-likeness (QED) is 0.0344. The molecule has 0 bridgehead atoms. The Bertz CT molecular complexity index is 949. The van der Waals surface area contributed by atoms with Crippen molar-refractivity contribution < 1.29 is 28.6 Å². The molecule has 0 aliphatic rings. The Morgan fingerprint density at radius 1 is 0.302 bits per heavy atom. The molecule has 0 aromatic rings. The zero-order chi connectivity index (χ0) is 45.9. The van der Waals surface area contributed by atoms with Crippen LogP contribution in [0.4, 0.5) is 0 Å². The fraction of sp³-hybridized carbons (Fsp3) is 0.947. The molecule has 0 unspecified atom stereocenters. The highest BCUT2D eigenvalue weighted by Crippen LogP contribution is 2.18. The summed E-state index contributed by atoms with van der Waals surface area (Å²) < 4.78 is 16.9. The number of unbranched alkanes of at least 4 members (excludes halogenated alkanes) is 39. The summed E-state index contributed by atoms with van der Waals surface area (Å²) >= 11 is 0. The average molecular weight is 892 g/mol. The van der Waals surface area contributed by atoms with E-state index in [-0.39, 0.29) is 31.1 Å². The van der Waals surface area contributed by atoms with E-state index in [4.69, 9.17) is 14.2 Å². The summed E-state index contributed by atoms with van der Waals surface area (Å²) in [7, 11) is 0. The van der Waals surface area contributed by atoms with Gasteiger partial charge in [-0.15, -0.1) is 0 Å². The maximum Gasteiger partial charge on any atom is 0.306 e. The van der Waals surface area contributed by atoms with Gasteiger partial charge < -0.3 is 14.2 Å². The van der Waals surface area contributed by atoms with Crippen molar-refractivity contribution in [2.75, 3.05) is 13.2 Å². The van der Waals surface area contributed by atoms with Crippen LogP contribution in [0.5, 0.6) is 0 Å². The van der Waals surface area contributed by atoms with E-state index in [2.05, 4.69) is 27.7 Å². The zero-order valence-corrected chi connectivity index (χ0v) is 43.0. The fourth-order valence-electron chi connectivity index (χ4n) is 8.75. The second kappa shape index (κ2) is 51.4. The third-order valence-electron chi connectivity index (χ3n) is 13.0. The molecule has 0 heterocycles. The average Bonchev–Trinajstić information content (AvgIpc) is 3.27. The fourth-order valence-corrected chi connectivity index (χ4v) is 8.75. The van der Waals surface area contributed by atoms with E-state index in [0.717, 1.165) is 63.7 Å². The van der Waals surface area contributed by atoms with Crippen LogP contribution in [0.3, 0.4) is 0 Å². The van der Waals surface area contributed by atoms with Crippen molar-refractivity contribution in [2.24, 2.45) is 5.92 Å². The highest BCUT2D eigenvalue weighted by atomic mass is 16.6. The van der Waals surface area contributed by atoms with Crippen LogP contribution in [0.25, 0.3) is 0 Å². The molecule has 0 radical (unpaired) electrons. The molecule has 0 aromatic carbocycles. The Hall–Kier alpha value is -1.59. The van der Waals surface area contributed by atoms with Crippen molar-refractivity contribution in [3.63, 3.8) is 0 Å². The summed E-state index contributed by atoms with van der Waals surface area (Å²) in [6.45, 7) is 9.06. The smallest absolute Gasteiger partial charge is 0.306 e. The van der Waals surface area contributed by atoms with Gasteiger partial charge in [0.1, 0.15) is 13.2 Å². The van der Waals surface area contributed by atoms with Crippen LogP contribution in [0.15, 0.2) is 0 Å². The summed E-state index contributed by atoms with van der Waals surface area (Å²) in [5, 5.41) is 0. The van der Waals surface area contributed by atoms with Gasteiger partial charge >= 0.3 is 17.9 Å². The largest absolute Gasteiger partial charge is 0.462 e. The monoisotopic (exact) mass is 891 g/mol. The van der Waals surface area contributed by atoms with Crippen molar-refractivity contribution in [1.29, 1.82) is 0 Å². The lowest BCUT2D eigenvalue weighted by molar-refractivity contribution is -0.167. The van der Waals surface area contributed by atoms with Crippen molar-refractivity contribution in [3.8, 4) is 0 Å². The summed E-state index contributed by atoms with van der Waals surface area (Å²) in [4.78, 5) is 38.1. The van der Waals surface area contributed by atoms with E-state index in [1.807, 2.05) is 0 Å². The van der Waals surface area contributed by atoms with Crippen LogP contribution in [0.1, 0.15) is 323 Å². The third kappa shape index (κ3) is 51.3. The molecule has 0 saturated heterocycles. The molecule has 0 aliphatic heterocycles. The zero-order valence-electron chi connectivity index (χ0n) is 43.0. The topological polar surface area (TPSA) is 78.9 Å². The molecule has 6 nitrogen and oxygen atoms in total. The van der Waals surface area contributed by atoms with Crippen molar-refractivity contribution in [2.45, 2.75) is 329 Å². The molecule has 1 atom stereocenters. The van der Waals surface area contributed by atoms with Gasteiger partial charge in [-0.1, -0.05) is 285 Å². The van der Waals surface area contributed by atoms with E-state index in [0.29, 0.717) is 19.3 Å². The van der Waals surface area contributed by atoms with E-state index in [9.17, 15) is 14.4 Å². The lowest BCUT2D eigenvalue weighted by Crippen LogP contribution is -2.30. The summed E-state index contributed by atoms with van der Waals surface area (Å²) in [6.07, 6.45) is 55.1. The number of carbonyl (C=O) groups is 3. The summed E-state index contributed by atoms with van der Waals surface area (Å²) in [5.41, 5.74) is 0. The minimum Gasteiger partial charge on any atom is -0.462 e. The molecule has 0 spiro atoms. The van der Waals surface area contributed by atoms with Crippen LogP contribution in [-0.2, 0) is 28.6 Å². The highest BCUT2D eigenvalue weighted by molar-refractivity contribution is 5.71. The summed E-state index contributed by atoms with van der Waals surface area (Å²) in [5.74, 6) is 0.00346. The van der Waals surface area contributed by atoms with Crippen LogP contribution in [-0.4, -0.2) is 37.2 Å². The van der Waals surface area contributed by atoms with Gasteiger partial charge in [-0.25, -0.2) is 0 Å². The first kappa shape index (κ1) is 61.4. The van der Waals surface area contributed by atoms with Crippen molar-refractivity contribution in [1.82, 2.24) is 0 Å². The molecule has 0 aliphatic carbocycles. The Balaban J connectivity index is 4.30. The number of rotatable bonds is 52. The number of ether oxygens (including phenoxy) is 3. The molecule has 0 saturated carbocycles. The second-order valence-electron chi connectivity index (χ2n) is 20.1. The third-order valence-corrected chi connectivity index (χ3v) is 13.0. The van der Waals surface area contributed by atoms with Gasteiger partial charge in [0.25, 0.3) is 0 Å².